The first-order valence-electron chi connectivity index (χ1n) is 3.48. The molecule has 1 aromatic rings. The second kappa shape index (κ2) is 4.45. The fourth-order valence-electron chi connectivity index (χ4n) is 0.762. The van der Waals surface area contributed by atoms with Gasteiger partial charge in [-0.3, -0.25) is 4.98 Å². The van der Waals surface area contributed by atoms with Gasteiger partial charge < -0.3 is 4.74 Å². The van der Waals surface area contributed by atoms with Crippen molar-refractivity contribution < 1.29 is 26.7 Å². The van der Waals surface area contributed by atoms with Gasteiger partial charge in [-0.1, -0.05) is 0 Å². The number of rotatable bonds is 2. The fraction of sp³-hybridized carbons (Fsp3) is 0.286. The van der Waals surface area contributed by atoms with E-state index >= 15 is 0 Å². The van der Waals surface area contributed by atoms with Gasteiger partial charge in [0.15, 0.2) is 0 Å². The average Bonchev–Trinajstić information content (AvgIpc) is 2.06. The van der Waals surface area contributed by atoms with Crippen LogP contribution in [0.2, 0.25) is 0 Å². The van der Waals surface area contributed by atoms with Crippen molar-refractivity contribution in [2.24, 2.45) is 0 Å². The molecule has 0 atom stereocenters. The zero-order chi connectivity index (χ0) is 11.6. The molecule has 15 heavy (non-hydrogen) atoms. The van der Waals surface area contributed by atoms with E-state index in [0.717, 1.165) is 6.20 Å². The molecule has 1 rings (SSSR count). The molecule has 2 nitrogen and oxygen atoms in total. The van der Waals surface area contributed by atoms with Gasteiger partial charge in [-0.15, -0.1) is 0 Å². The molecule has 0 saturated carbocycles. The first kappa shape index (κ1) is 12.4. The zero-order valence-electron chi connectivity index (χ0n) is 6.86. The lowest BCUT2D eigenvalue weighted by Crippen LogP contribution is -2.10. The Morgan fingerprint density at radius 2 is 1.93 bits per heavy atom. The molecule has 0 amide bonds. The van der Waals surface area contributed by atoms with Crippen LogP contribution in [0.4, 0.5) is 22.0 Å². The van der Waals surface area contributed by atoms with E-state index in [4.69, 9.17) is 0 Å². The van der Waals surface area contributed by atoms with Crippen LogP contribution < -0.4 is 4.74 Å². The summed E-state index contributed by atoms with van der Waals surface area (Å²) in [4.78, 5) is 3.06. The molecule has 8 heteroatoms. The number of hydrogen-bond acceptors (Lipinski definition) is 2. The number of pyridine rings is 1. The molecule has 0 bridgehead atoms. The van der Waals surface area contributed by atoms with E-state index in [1.807, 2.05) is 0 Å². The topological polar surface area (TPSA) is 22.1 Å². The number of alkyl halides is 5. The minimum Gasteiger partial charge on any atom is -0.434 e. The summed E-state index contributed by atoms with van der Waals surface area (Å²) < 4.78 is 64.0. The molecule has 0 spiro atoms. The van der Waals surface area contributed by atoms with Crippen LogP contribution in [-0.2, 0) is 6.18 Å². The van der Waals surface area contributed by atoms with Crippen LogP contribution in [0, 0.1) is 3.57 Å². The van der Waals surface area contributed by atoms with Crippen molar-refractivity contribution >= 4 is 22.6 Å². The van der Waals surface area contributed by atoms with Gasteiger partial charge in [0.1, 0.15) is 11.4 Å². The largest absolute Gasteiger partial charge is 0.434 e. The summed E-state index contributed by atoms with van der Waals surface area (Å²) in [7, 11) is 0. The Balaban J connectivity index is 3.06. The second-order valence-electron chi connectivity index (χ2n) is 2.38. The number of nitrogens with zero attached hydrogens (tertiary/aromatic N) is 1. The highest BCUT2D eigenvalue weighted by Gasteiger charge is 2.33. The molecule has 0 fully saturated rings. The molecule has 1 heterocycles. The maximum atomic E-state index is 12.1. The number of hydrogen-bond donors (Lipinski definition) is 0. The lowest BCUT2D eigenvalue weighted by atomic mass is 10.3. The normalized spacial score (nSPS) is 11.9. The molecule has 0 saturated heterocycles. The Labute approximate surface area is 94.6 Å². The highest BCUT2D eigenvalue weighted by molar-refractivity contribution is 14.1. The van der Waals surface area contributed by atoms with Crippen LogP contribution in [-0.4, -0.2) is 11.6 Å². The summed E-state index contributed by atoms with van der Waals surface area (Å²) in [5, 5.41) is 0. The summed E-state index contributed by atoms with van der Waals surface area (Å²) in [6, 6.07) is 0.438. The van der Waals surface area contributed by atoms with Gasteiger partial charge in [0.2, 0.25) is 0 Å². The standard InChI is InChI=1S/C7H3F5INO/c8-6(9)15-4-1-5(7(10,11)12)14-2-3(4)13/h1-2,6H. The lowest BCUT2D eigenvalue weighted by molar-refractivity contribution is -0.141. The molecule has 0 unspecified atom stereocenters. The predicted molar refractivity (Wildman–Crippen MR) is 48.6 cm³/mol. The molecular formula is C7H3F5INO. The van der Waals surface area contributed by atoms with E-state index in [2.05, 4.69) is 9.72 Å². The van der Waals surface area contributed by atoms with E-state index in [-0.39, 0.29) is 3.57 Å². The van der Waals surface area contributed by atoms with Crippen molar-refractivity contribution in [3.8, 4) is 5.75 Å². The van der Waals surface area contributed by atoms with Gasteiger partial charge in [0.05, 0.1) is 3.57 Å². The fourth-order valence-corrected chi connectivity index (χ4v) is 1.18. The first-order chi connectivity index (χ1) is 6.80. The van der Waals surface area contributed by atoms with E-state index in [9.17, 15) is 22.0 Å². The van der Waals surface area contributed by atoms with Gasteiger partial charge in [0, 0.05) is 12.3 Å². The first-order valence-corrected chi connectivity index (χ1v) is 4.56. The Morgan fingerprint density at radius 1 is 1.33 bits per heavy atom. The Bertz CT molecular complexity index is 354. The Kier molecular flexibility index (Phi) is 3.68. The van der Waals surface area contributed by atoms with Gasteiger partial charge in [-0.05, 0) is 22.6 Å². The summed E-state index contributed by atoms with van der Waals surface area (Å²) in [5.41, 5.74) is -1.27. The molecule has 84 valence electrons. The molecule has 0 aliphatic rings. The van der Waals surface area contributed by atoms with Crippen LogP contribution in [0.15, 0.2) is 12.3 Å². The summed E-state index contributed by atoms with van der Waals surface area (Å²) in [6.45, 7) is -3.16. The number of halogens is 6. The van der Waals surface area contributed by atoms with Gasteiger partial charge in [-0.25, -0.2) is 0 Å². The molecule has 0 aromatic carbocycles. The van der Waals surface area contributed by atoms with Crippen molar-refractivity contribution in [1.82, 2.24) is 4.98 Å². The molecule has 1 aromatic heterocycles. The third-order valence-electron chi connectivity index (χ3n) is 1.33. The third kappa shape index (κ3) is 3.43. The van der Waals surface area contributed by atoms with Crippen molar-refractivity contribution in [2.45, 2.75) is 12.8 Å². The number of aromatic nitrogens is 1. The maximum absolute atomic E-state index is 12.1. The molecule has 0 radical (unpaired) electrons. The second-order valence-corrected chi connectivity index (χ2v) is 3.54. The van der Waals surface area contributed by atoms with Gasteiger partial charge in [0.25, 0.3) is 0 Å². The van der Waals surface area contributed by atoms with Crippen LogP contribution in [0.25, 0.3) is 0 Å². The molecule has 0 aliphatic carbocycles. The highest BCUT2D eigenvalue weighted by atomic mass is 127. The van der Waals surface area contributed by atoms with Crippen LogP contribution in [0.1, 0.15) is 5.69 Å². The summed E-state index contributed by atoms with van der Waals surface area (Å²) in [5.74, 6) is -0.534. The van der Waals surface area contributed by atoms with Gasteiger partial charge in [-0.2, -0.15) is 22.0 Å². The van der Waals surface area contributed by atoms with Crippen LogP contribution in [0.5, 0.6) is 5.75 Å². The lowest BCUT2D eigenvalue weighted by Gasteiger charge is -2.10. The van der Waals surface area contributed by atoms with Crippen LogP contribution >= 0.6 is 22.6 Å². The van der Waals surface area contributed by atoms with Gasteiger partial charge >= 0.3 is 12.8 Å². The van der Waals surface area contributed by atoms with Crippen molar-refractivity contribution in [2.75, 3.05) is 0 Å². The van der Waals surface area contributed by atoms with Crippen molar-refractivity contribution in [3.63, 3.8) is 0 Å². The number of ether oxygens (including phenoxy) is 1. The Morgan fingerprint density at radius 3 is 2.40 bits per heavy atom. The van der Waals surface area contributed by atoms with E-state index in [0.29, 0.717) is 6.07 Å². The van der Waals surface area contributed by atoms with E-state index in [1.54, 1.807) is 22.6 Å². The van der Waals surface area contributed by atoms with Crippen LogP contribution in [0.3, 0.4) is 0 Å². The molecule has 0 N–H and O–H groups in total. The van der Waals surface area contributed by atoms with E-state index < -0.39 is 24.2 Å². The van der Waals surface area contributed by atoms with E-state index in [1.165, 1.54) is 0 Å². The monoisotopic (exact) mass is 339 g/mol. The maximum Gasteiger partial charge on any atom is 0.433 e. The molecule has 0 aliphatic heterocycles. The van der Waals surface area contributed by atoms with Crippen molar-refractivity contribution in [3.05, 3.63) is 21.5 Å². The quantitative estimate of drug-likeness (QED) is 0.609. The minimum atomic E-state index is -4.68. The zero-order valence-corrected chi connectivity index (χ0v) is 9.01. The van der Waals surface area contributed by atoms with Crippen molar-refractivity contribution in [1.29, 1.82) is 0 Å². The predicted octanol–water partition coefficient (Wildman–Crippen LogP) is 3.31. The smallest absolute Gasteiger partial charge is 0.433 e. The average molecular weight is 339 g/mol. The molecular weight excluding hydrogens is 336 g/mol. The summed E-state index contributed by atoms with van der Waals surface area (Å²) >= 11 is 1.55. The minimum absolute atomic E-state index is 0.0842. The third-order valence-corrected chi connectivity index (χ3v) is 2.14. The SMILES string of the molecule is FC(F)Oc1cc(C(F)(F)F)ncc1I. The Hall–Kier alpha value is -0.670. The highest BCUT2D eigenvalue weighted by Crippen LogP contribution is 2.32. The summed E-state index contributed by atoms with van der Waals surface area (Å²) in [6.07, 6.45) is -3.86.